The van der Waals surface area contributed by atoms with Gasteiger partial charge >= 0.3 is 5.97 Å². The molecule has 1 atom stereocenters. The van der Waals surface area contributed by atoms with Crippen LogP contribution >= 0.6 is 22.6 Å². The summed E-state index contributed by atoms with van der Waals surface area (Å²) in [6.07, 6.45) is 5.87. The summed E-state index contributed by atoms with van der Waals surface area (Å²) in [5.41, 5.74) is -0.000564. The first-order chi connectivity index (χ1) is 8.00. The fourth-order valence-corrected chi connectivity index (χ4v) is 2.56. The van der Waals surface area contributed by atoms with Gasteiger partial charge in [0, 0.05) is 27.5 Å². The van der Waals surface area contributed by atoms with E-state index in [0.717, 1.165) is 14.5 Å². The van der Waals surface area contributed by atoms with Gasteiger partial charge in [0.15, 0.2) is 0 Å². The molecule has 0 aliphatic carbocycles. The van der Waals surface area contributed by atoms with Gasteiger partial charge in [0.2, 0.25) is 0 Å². The highest BCUT2D eigenvalue weighted by Crippen LogP contribution is 2.30. The van der Waals surface area contributed by atoms with Crippen LogP contribution in [-0.4, -0.2) is 20.6 Å². The van der Waals surface area contributed by atoms with Crippen molar-refractivity contribution in [2.45, 2.75) is 25.8 Å². The third kappa shape index (κ3) is 1.82. The molecule has 0 spiro atoms. The lowest BCUT2D eigenvalue weighted by molar-refractivity contribution is -0.146. The van der Waals surface area contributed by atoms with Gasteiger partial charge in [-0.2, -0.15) is 0 Å². The average Bonchev–Trinajstić information content (AvgIpc) is 2.67. The van der Waals surface area contributed by atoms with Crippen molar-refractivity contribution in [2.24, 2.45) is 0 Å². The van der Waals surface area contributed by atoms with Crippen LogP contribution in [0.1, 0.15) is 20.3 Å². The minimum atomic E-state index is -0.914. The molecule has 90 valence electrons. The van der Waals surface area contributed by atoms with E-state index in [4.69, 9.17) is 0 Å². The molecule has 0 aliphatic heterocycles. The number of aromatic nitrogens is 2. The molecular weight excluding hydrogens is 331 g/mol. The number of aliphatic carboxylic acids is 1. The SMILES string of the molecule is CCC(C)(C(=O)O)n1cc(I)c2cnccc21. The molecule has 0 saturated heterocycles. The Hall–Kier alpha value is -1.11. The second kappa shape index (κ2) is 4.29. The van der Waals surface area contributed by atoms with Crippen LogP contribution in [0.4, 0.5) is 0 Å². The number of fused-ring (bicyclic) bond motifs is 1. The van der Waals surface area contributed by atoms with Crippen molar-refractivity contribution < 1.29 is 9.90 Å². The first kappa shape index (κ1) is 12.3. The molecule has 2 aromatic heterocycles. The summed E-state index contributed by atoms with van der Waals surface area (Å²) in [7, 11) is 0. The maximum atomic E-state index is 11.5. The molecule has 0 aliphatic rings. The third-order valence-corrected chi connectivity index (χ3v) is 4.10. The second-order valence-corrected chi connectivity index (χ2v) is 5.33. The average molecular weight is 344 g/mol. The van der Waals surface area contributed by atoms with E-state index < -0.39 is 11.5 Å². The van der Waals surface area contributed by atoms with Crippen molar-refractivity contribution in [1.29, 1.82) is 0 Å². The lowest BCUT2D eigenvalue weighted by Gasteiger charge is -2.26. The van der Waals surface area contributed by atoms with Crippen molar-refractivity contribution in [1.82, 2.24) is 9.55 Å². The number of pyridine rings is 1. The van der Waals surface area contributed by atoms with Crippen LogP contribution in [0.25, 0.3) is 10.9 Å². The van der Waals surface area contributed by atoms with Crippen LogP contribution in [0.3, 0.4) is 0 Å². The van der Waals surface area contributed by atoms with Crippen molar-refractivity contribution in [3.63, 3.8) is 0 Å². The van der Waals surface area contributed by atoms with Crippen LogP contribution in [0, 0.1) is 3.57 Å². The molecule has 0 fully saturated rings. The van der Waals surface area contributed by atoms with E-state index >= 15 is 0 Å². The number of carbonyl (C=O) groups is 1. The van der Waals surface area contributed by atoms with Crippen molar-refractivity contribution in [2.75, 3.05) is 0 Å². The highest BCUT2D eigenvalue weighted by atomic mass is 127. The molecule has 17 heavy (non-hydrogen) atoms. The molecule has 0 bridgehead atoms. The summed E-state index contributed by atoms with van der Waals surface area (Å²) in [6, 6.07) is 1.86. The van der Waals surface area contributed by atoms with E-state index in [2.05, 4.69) is 27.6 Å². The van der Waals surface area contributed by atoms with Gasteiger partial charge in [0.1, 0.15) is 5.54 Å². The molecule has 2 aromatic rings. The fraction of sp³-hybridized carbons (Fsp3) is 0.333. The number of hydrogen-bond donors (Lipinski definition) is 1. The van der Waals surface area contributed by atoms with Crippen molar-refractivity contribution >= 4 is 39.5 Å². The summed E-state index contributed by atoms with van der Waals surface area (Å²) in [4.78, 5) is 15.5. The molecule has 0 radical (unpaired) electrons. The number of nitrogens with zero attached hydrogens (tertiary/aromatic N) is 2. The monoisotopic (exact) mass is 344 g/mol. The minimum Gasteiger partial charge on any atom is -0.479 e. The van der Waals surface area contributed by atoms with Crippen LogP contribution in [0.2, 0.25) is 0 Å². The van der Waals surface area contributed by atoms with Crippen LogP contribution in [0.5, 0.6) is 0 Å². The number of carboxylic acid groups (broad SMARTS) is 1. The Morgan fingerprint density at radius 3 is 2.94 bits per heavy atom. The first-order valence-corrected chi connectivity index (χ1v) is 6.43. The van der Waals surface area contributed by atoms with Gasteiger partial charge < -0.3 is 9.67 Å². The standard InChI is InChI=1S/C12H13IN2O2/c1-3-12(2,11(16)17)15-7-9(13)8-6-14-5-4-10(8)15/h4-7H,3H2,1-2H3,(H,16,17). The Morgan fingerprint density at radius 2 is 2.35 bits per heavy atom. The fourth-order valence-electron chi connectivity index (χ4n) is 1.87. The molecule has 1 unspecified atom stereocenters. The molecule has 0 saturated carbocycles. The lowest BCUT2D eigenvalue weighted by Crippen LogP contribution is -2.37. The number of halogens is 1. The molecule has 5 heteroatoms. The Labute approximate surface area is 113 Å². The van der Waals surface area contributed by atoms with Gasteiger partial charge in [-0.1, -0.05) is 6.92 Å². The summed E-state index contributed by atoms with van der Waals surface area (Å²) < 4.78 is 2.85. The van der Waals surface area contributed by atoms with Crippen LogP contribution < -0.4 is 0 Å². The molecule has 2 heterocycles. The summed E-state index contributed by atoms with van der Waals surface area (Å²) in [5, 5.41) is 10.4. The molecule has 1 N–H and O–H groups in total. The van der Waals surface area contributed by atoms with Crippen LogP contribution in [0.15, 0.2) is 24.7 Å². The predicted octanol–water partition coefficient (Wildman–Crippen LogP) is 2.85. The van der Waals surface area contributed by atoms with E-state index in [9.17, 15) is 9.90 Å². The Kier molecular flexibility index (Phi) is 3.11. The number of carboxylic acids is 1. The van der Waals surface area contributed by atoms with Gasteiger partial charge in [-0.3, -0.25) is 4.98 Å². The first-order valence-electron chi connectivity index (χ1n) is 5.35. The highest BCUT2D eigenvalue weighted by molar-refractivity contribution is 14.1. The summed E-state index contributed by atoms with van der Waals surface area (Å²) in [5.74, 6) is -0.815. The van der Waals surface area contributed by atoms with Gasteiger partial charge in [-0.15, -0.1) is 0 Å². The molecule has 2 rings (SSSR count). The molecule has 4 nitrogen and oxygen atoms in total. The van der Waals surface area contributed by atoms with E-state index in [0.29, 0.717) is 6.42 Å². The Bertz CT molecular complexity index is 579. The van der Waals surface area contributed by atoms with Gasteiger partial charge in [0.05, 0.1) is 5.52 Å². The van der Waals surface area contributed by atoms with E-state index in [1.807, 2.05) is 23.8 Å². The normalized spacial score (nSPS) is 14.8. The summed E-state index contributed by atoms with van der Waals surface area (Å²) >= 11 is 2.20. The molecular formula is C12H13IN2O2. The van der Waals surface area contributed by atoms with E-state index in [1.165, 1.54) is 0 Å². The lowest BCUT2D eigenvalue weighted by atomic mass is 9.99. The zero-order valence-corrected chi connectivity index (χ0v) is 11.8. The Balaban J connectivity index is 2.75. The smallest absolute Gasteiger partial charge is 0.329 e. The van der Waals surface area contributed by atoms with Crippen molar-refractivity contribution in [3.05, 3.63) is 28.2 Å². The molecule has 0 amide bonds. The number of rotatable bonds is 3. The van der Waals surface area contributed by atoms with Gasteiger partial charge in [-0.25, -0.2) is 4.79 Å². The largest absolute Gasteiger partial charge is 0.479 e. The predicted molar refractivity (Wildman–Crippen MR) is 74.0 cm³/mol. The van der Waals surface area contributed by atoms with Crippen LogP contribution in [-0.2, 0) is 10.3 Å². The zero-order chi connectivity index (χ0) is 12.6. The highest BCUT2D eigenvalue weighted by Gasteiger charge is 2.34. The topological polar surface area (TPSA) is 55.1 Å². The van der Waals surface area contributed by atoms with Gasteiger partial charge in [0.25, 0.3) is 0 Å². The van der Waals surface area contributed by atoms with E-state index in [-0.39, 0.29) is 0 Å². The van der Waals surface area contributed by atoms with Crippen molar-refractivity contribution in [3.8, 4) is 0 Å². The van der Waals surface area contributed by atoms with E-state index in [1.54, 1.807) is 19.3 Å². The number of hydrogen-bond acceptors (Lipinski definition) is 2. The quantitative estimate of drug-likeness (QED) is 0.872. The minimum absolute atomic E-state index is 0.532. The molecule has 0 aromatic carbocycles. The summed E-state index contributed by atoms with van der Waals surface area (Å²) in [6.45, 7) is 3.62. The second-order valence-electron chi connectivity index (χ2n) is 4.17. The maximum Gasteiger partial charge on any atom is 0.329 e. The maximum absolute atomic E-state index is 11.5. The Morgan fingerprint density at radius 1 is 1.65 bits per heavy atom. The van der Waals surface area contributed by atoms with Gasteiger partial charge in [-0.05, 0) is 42.0 Å². The zero-order valence-electron chi connectivity index (χ0n) is 9.64. The third-order valence-electron chi connectivity index (χ3n) is 3.24.